The highest BCUT2D eigenvalue weighted by Crippen LogP contribution is 2.19. The second-order valence-corrected chi connectivity index (χ2v) is 5.38. The monoisotopic (exact) mass is 311 g/mol. The molecule has 2 rings (SSSR count). The van der Waals surface area contributed by atoms with Crippen molar-refractivity contribution in [2.45, 2.75) is 19.5 Å². The summed E-state index contributed by atoms with van der Waals surface area (Å²) in [5, 5.41) is 4.89. The fraction of sp³-hybridized carbons (Fsp3) is 0.267. The first kappa shape index (κ1) is 15.6. The average molecular weight is 311 g/mol. The van der Waals surface area contributed by atoms with Gasteiger partial charge in [0.2, 0.25) is 0 Å². The van der Waals surface area contributed by atoms with Gasteiger partial charge in [-0.25, -0.2) is 13.6 Å². The summed E-state index contributed by atoms with van der Waals surface area (Å²) >= 11 is 1.53. The van der Waals surface area contributed by atoms with E-state index in [9.17, 15) is 13.6 Å². The first-order chi connectivity index (χ1) is 10.1. The quantitative estimate of drug-likeness (QED) is 0.831. The Morgan fingerprint density at radius 2 is 2.05 bits per heavy atom. The predicted molar refractivity (Wildman–Crippen MR) is 76.9 cm³/mol. The third-order valence-corrected chi connectivity index (χ3v) is 3.68. The molecular formula is C15H15F2NO2S. The van der Waals surface area contributed by atoms with Crippen molar-refractivity contribution < 1.29 is 18.3 Å². The van der Waals surface area contributed by atoms with Crippen molar-refractivity contribution in [1.82, 2.24) is 5.32 Å². The molecule has 112 valence electrons. The molecule has 21 heavy (non-hydrogen) atoms. The lowest BCUT2D eigenvalue weighted by Gasteiger charge is -2.17. The molecule has 0 aliphatic rings. The summed E-state index contributed by atoms with van der Waals surface area (Å²) in [6.07, 6.45) is 0. The molecule has 2 aromatic rings. The Kier molecular flexibility index (Phi) is 5.41. The Morgan fingerprint density at radius 1 is 1.33 bits per heavy atom. The highest BCUT2D eigenvalue weighted by Gasteiger charge is 2.23. The third-order valence-electron chi connectivity index (χ3n) is 2.80. The molecule has 0 saturated heterocycles. The number of thiophene rings is 1. The summed E-state index contributed by atoms with van der Waals surface area (Å²) in [7, 11) is 0. The van der Waals surface area contributed by atoms with Crippen molar-refractivity contribution in [2.24, 2.45) is 0 Å². The highest BCUT2D eigenvalue weighted by molar-refractivity contribution is 7.09. The molecular weight excluding hydrogens is 296 g/mol. The van der Waals surface area contributed by atoms with Crippen LogP contribution < -0.4 is 5.32 Å². The molecule has 1 heterocycles. The van der Waals surface area contributed by atoms with Gasteiger partial charge in [-0.05, 0) is 36.1 Å². The van der Waals surface area contributed by atoms with Crippen LogP contribution in [0.15, 0.2) is 35.7 Å². The summed E-state index contributed by atoms with van der Waals surface area (Å²) in [5.74, 6) is -2.01. The van der Waals surface area contributed by atoms with Gasteiger partial charge in [0, 0.05) is 17.5 Å². The molecule has 1 aromatic heterocycles. The van der Waals surface area contributed by atoms with Crippen molar-refractivity contribution in [3.05, 3.63) is 57.8 Å². The van der Waals surface area contributed by atoms with Gasteiger partial charge in [0.25, 0.3) is 0 Å². The molecule has 0 saturated carbocycles. The van der Waals surface area contributed by atoms with Crippen molar-refractivity contribution in [3.8, 4) is 0 Å². The van der Waals surface area contributed by atoms with E-state index < -0.39 is 23.6 Å². The lowest BCUT2D eigenvalue weighted by Crippen LogP contribution is -2.30. The Balaban J connectivity index is 2.20. The number of rotatable bonds is 6. The summed E-state index contributed by atoms with van der Waals surface area (Å²) in [4.78, 5) is 13.0. The minimum absolute atomic E-state index is 0.202. The van der Waals surface area contributed by atoms with Crippen LogP contribution in [0, 0.1) is 11.6 Å². The van der Waals surface area contributed by atoms with Crippen LogP contribution in [0.5, 0.6) is 0 Å². The van der Waals surface area contributed by atoms with E-state index in [0.29, 0.717) is 6.54 Å². The minimum Gasteiger partial charge on any atom is -0.465 e. The normalized spacial score (nSPS) is 12.1. The third kappa shape index (κ3) is 4.34. The van der Waals surface area contributed by atoms with Crippen molar-refractivity contribution in [2.75, 3.05) is 6.61 Å². The first-order valence-electron chi connectivity index (χ1n) is 6.48. The second-order valence-electron chi connectivity index (χ2n) is 4.35. The van der Waals surface area contributed by atoms with Crippen LogP contribution in [0.1, 0.15) is 23.4 Å². The molecule has 0 bridgehead atoms. The molecule has 0 aliphatic carbocycles. The smallest absolute Gasteiger partial charge is 0.327 e. The van der Waals surface area contributed by atoms with Gasteiger partial charge in [0.05, 0.1) is 6.61 Å². The summed E-state index contributed by atoms with van der Waals surface area (Å²) in [6.45, 7) is 2.30. The van der Waals surface area contributed by atoms with Crippen LogP contribution in [-0.4, -0.2) is 12.6 Å². The molecule has 0 aliphatic heterocycles. The van der Waals surface area contributed by atoms with Gasteiger partial charge in [0.15, 0.2) is 0 Å². The van der Waals surface area contributed by atoms with E-state index in [4.69, 9.17) is 4.74 Å². The lowest BCUT2D eigenvalue weighted by molar-refractivity contribution is -0.145. The zero-order chi connectivity index (χ0) is 15.2. The summed E-state index contributed by atoms with van der Waals surface area (Å²) < 4.78 is 31.6. The van der Waals surface area contributed by atoms with Crippen molar-refractivity contribution in [3.63, 3.8) is 0 Å². The maximum atomic E-state index is 13.3. The number of carbonyl (C=O) groups is 1. The van der Waals surface area contributed by atoms with Crippen LogP contribution in [0.2, 0.25) is 0 Å². The topological polar surface area (TPSA) is 38.3 Å². The lowest BCUT2D eigenvalue weighted by atomic mass is 10.1. The molecule has 0 radical (unpaired) electrons. The molecule has 0 spiro atoms. The zero-order valence-corrected chi connectivity index (χ0v) is 12.3. The van der Waals surface area contributed by atoms with Crippen molar-refractivity contribution in [1.29, 1.82) is 0 Å². The molecule has 1 aromatic carbocycles. The molecule has 1 unspecified atom stereocenters. The Bertz CT molecular complexity index is 581. The van der Waals surface area contributed by atoms with Gasteiger partial charge < -0.3 is 4.74 Å². The van der Waals surface area contributed by atoms with Gasteiger partial charge in [-0.1, -0.05) is 6.07 Å². The zero-order valence-electron chi connectivity index (χ0n) is 11.4. The fourth-order valence-electron chi connectivity index (χ4n) is 1.92. The van der Waals surface area contributed by atoms with E-state index in [1.807, 2.05) is 17.5 Å². The number of halogens is 2. The van der Waals surface area contributed by atoms with Crippen LogP contribution in [0.25, 0.3) is 0 Å². The van der Waals surface area contributed by atoms with Crippen LogP contribution in [0.4, 0.5) is 8.78 Å². The van der Waals surface area contributed by atoms with Crippen molar-refractivity contribution >= 4 is 17.3 Å². The average Bonchev–Trinajstić information content (AvgIpc) is 2.91. The van der Waals surface area contributed by atoms with Crippen LogP contribution >= 0.6 is 11.3 Å². The maximum absolute atomic E-state index is 13.3. The van der Waals surface area contributed by atoms with E-state index in [0.717, 1.165) is 23.1 Å². The van der Waals surface area contributed by atoms with E-state index in [1.165, 1.54) is 11.3 Å². The molecule has 6 heteroatoms. The van der Waals surface area contributed by atoms with Crippen LogP contribution in [-0.2, 0) is 16.1 Å². The van der Waals surface area contributed by atoms with E-state index in [-0.39, 0.29) is 12.2 Å². The van der Waals surface area contributed by atoms with Gasteiger partial charge in [0.1, 0.15) is 17.7 Å². The second kappa shape index (κ2) is 7.28. The molecule has 1 N–H and O–H groups in total. The number of hydrogen-bond acceptors (Lipinski definition) is 4. The van der Waals surface area contributed by atoms with Gasteiger partial charge in [-0.3, -0.25) is 5.32 Å². The Labute approximate surface area is 125 Å². The number of benzene rings is 1. The van der Waals surface area contributed by atoms with E-state index in [2.05, 4.69) is 5.32 Å². The Hall–Kier alpha value is -1.79. The predicted octanol–water partition coefficient (Wildman–Crippen LogP) is 3.42. The number of nitrogens with one attached hydrogen (secondary N) is 1. The van der Waals surface area contributed by atoms with Gasteiger partial charge in [-0.2, -0.15) is 0 Å². The van der Waals surface area contributed by atoms with E-state index >= 15 is 0 Å². The van der Waals surface area contributed by atoms with Gasteiger partial charge in [-0.15, -0.1) is 11.3 Å². The van der Waals surface area contributed by atoms with E-state index in [1.54, 1.807) is 6.92 Å². The Morgan fingerprint density at radius 3 is 2.62 bits per heavy atom. The minimum atomic E-state index is -0.905. The number of hydrogen-bond donors (Lipinski definition) is 1. The largest absolute Gasteiger partial charge is 0.465 e. The first-order valence-corrected chi connectivity index (χ1v) is 7.36. The fourth-order valence-corrected chi connectivity index (χ4v) is 2.58. The SMILES string of the molecule is CCOC(=O)C(NCc1cccs1)c1cc(F)cc(F)c1. The molecule has 0 fully saturated rings. The molecule has 1 atom stereocenters. The van der Waals surface area contributed by atoms with Crippen LogP contribution in [0.3, 0.4) is 0 Å². The van der Waals surface area contributed by atoms with Gasteiger partial charge >= 0.3 is 5.97 Å². The highest BCUT2D eigenvalue weighted by atomic mass is 32.1. The number of esters is 1. The standard InChI is InChI=1S/C15H15F2NO2S/c1-2-20-15(19)14(18-9-13-4-3-5-21-13)10-6-11(16)8-12(17)7-10/h3-8,14,18H,2,9H2,1H3. The number of ether oxygens (including phenoxy) is 1. The number of carbonyl (C=O) groups excluding carboxylic acids is 1. The molecule has 0 amide bonds. The summed E-state index contributed by atoms with van der Waals surface area (Å²) in [6, 6.07) is 5.93. The maximum Gasteiger partial charge on any atom is 0.327 e. The summed E-state index contributed by atoms with van der Waals surface area (Å²) in [5.41, 5.74) is 0.211. The molecule has 3 nitrogen and oxygen atoms in total.